The zero-order chi connectivity index (χ0) is 20.5. The summed E-state index contributed by atoms with van der Waals surface area (Å²) in [5.41, 5.74) is 2.70. The summed E-state index contributed by atoms with van der Waals surface area (Å²) in [6.07, 6.45) is 17.7. The molecule has 3 rings (SSSR count). The van der Waals surface area contributed by atoms with Crippen LogP contribution in [0, 0.1) is 40.4 Å². The predicted molar refractivity (Wildman–Crippen MR) is 125 cm³/mol. The summed E-state index contributed by atoms with van der Waals surface area (Å²) in [5, 5.41) is 0.388. The number of alkyl halides is 1. The van der Waals surface area contributed by atoms with Gasteiger partial charge in [0.2, 0.25) is 0 Å². The lowest BCUT2D eigenvalue weighted by atomic mass is 9.56. The molecule has 0 N–H and O–H groups in total. The highest BCUT2D eigenvalue weighted by Crippen LogP contribution is 2.60. The highest BCUT2D eigenvalue weighted by atomic mass is 35.5. The number of hydrogen-bond acceptors (Lipinski definition) is 0. The van der Waals surface area contributed by atoms with Gasteiger partial charge in [0.05, 0.1) is 0 Å². The summed E-state index contributed by atoms with van der Waals surface area (Å²) in [5.74, 6) is 4.52. The van der Waals surface area contributed by atoms with Crippen LogP contribution < -0.4 is 0 Å². The third-order valence-electron chi connectivity index (χ3n) is 9.55. The first-order valence-corrected chi connectivity index (χ1v) is 13.0. The lowest BCUT2D eigenvalue weighted by molar-refractivity contribution is 0.0480. The van der Waals surface area contributed by atoms with E-state index in [9.17, 15) is 0 Å². The van der Waals surface area contributed by atoms with E-state index in [1.165, 1.54) is 64.2 Å². The van der Waals surface area contributed by atoms with E-state index in [-0.39, 0.29) is 0 Å². The summed E-state index contributed by atoms with van der Waals surface area (Å²) in [7, 11) is 0. The van der Waals surface area contributed by atoms with Crippen LogP contribution in [0.15, 0.2) is 11.6 Å². The van der Waals surface area contributed by atoms with Gasteiger partial charge in [-0.3, -0.25) is 0 Å². The number of allylic oxidation sites excluding steroid dienone is 2. The van der Waals surface area contributed by atoms with Gasteiger partial charge in [0.1, 0.15) is 0 Å². The van der Waals surface area contributed by atoms with Crippen LogP contribution >= 0.6 is 11.6 Å². The van der Waals surface area contributed by atoms with Crippen LogP contribution in [0.4, 0.5) is 0 Å². The Hall–Kier alpha value is 0.0300. The van der Waals surface area contributed by atoms with E-state index in [0.717, 1.165) is 36.0 Å². The van der Waals surface area contributed by atoms with E-state index < -0.39 is 0 Å². The van der Waals surface area contributed by atoms with Crippen LogP contribution in [-0.4, -0.2) is 5.38 Å². The second kappa shape index (κ2) is 9.03. The Morgan fingerprint density at radius 3 is 2.54 bits per heavy atom. The van der Waals surface area contributed by atoms with Crippen molar-refractivity contribution in [1.29, 1.82) is 0 Å². The minimum absolute atomic E-state index is 0.388. The highest BCUT2D eigenvalue weighted by molar-refractivity contribution is 6.20. The highest BCUT2D eigenvalue weighted by Gasteiger charge is 2.51. The molecule has 0 aromatic rings. The Balaban J connectivity index is 1.69. The van der Waals surface area contributed by atoms with Gasteiger partial charge < -0.3 is 0 Å². The Labute approximate surface area is 181 Å². The average Bonchev–Trinajstić information content (AvgIpc) is 2.99. The second-order valence-electron chi connectivity index (χ2n) is 11.8. The Kier molecular flexibility index (Phi) is 7.33. The first-order valence-electron chi connectivity index (χ1n) is 12.5. The van der Waals surface area contributed by atoms with Crippen LogP contribution in [0.25, 0.3) is 0 Å². The molecule has 0 spiro atoms. The molecular weight excluding hydrogens is 360 g/mol. The molecule has 2 saturated carbocycles. The molecule has 2 unspecified atom stereocenters. The molecule has 0 aromatic heterocycles. The number of hydrogen-bond donors (Lipinski definition) is 0. The quantitative estimate of drug-likeness (QED) is 0.292. The van der Waals surface area contributed by atoms with Crippen molar-refractivity contribution in [3.63, 3.8) is 0 Å². The van der Waals surface area contributed by atoms with Gasteiger partial charge in [-0.2, -0.15) is 0 Å². The number of rotatable bonds is 7. The zero-order valence-corrected chi connectivity index (χ0v) is 20.5. The molecule has 2 fully saturated rings. The topological polar surface area (TPSA) is 0 Å². The van der Waals surface area contributed by atoms with Gasteiger partial charge in [0, 0.05) is 5.38 Å². The molecule has 0 nitrogen and oxygen atoms in total. The lowest BCUT2D eigenvalue weighted by Crippen LogP contribution is -2.40. The van der Waals surface area contributed by atoms with E-state index in [1.54, 1.807) is 5.57 Å². The van der Waals surface area contributed by atoms with Crippen molar-refractivity contribution in [1.82, 2.24) is 0 Å². The normalized spacial score (nSPS) is 42.4. The predicted octanol–water partition coefficient (Wildman–Crippen LogP) is 9.03. The van der Waals surface area contributed by atoms with E-state index in [0.29, 0.717) is 16.2 Å². The van der Waals surface area contributed by atoms with Crippen molar-refractivity contribution in [3.05, 3.63) is 11.6 Å². The van der Waals surface area contributed by atoms with Crippen molar-refractivity contribution in [2.75, 3.05) is 0 Å². The van der Waals surface area contributed by atoms with E-state index in [1.807, 2.05) is 0 Å². The fraction of sp³-hybridized carbons (Fsp3) is 0.926. The molecule has 1 heteroatoms. The van der Waals surface area contributed by atoms with Crippen LogP contribution in [0.2, 0.25) is 0 Å². The summed E-state index contributed by atoms with van der Waals surface area (Å²) < 4.78 is 0. The van der Waals surface area contributed by atoms with Crippen molar-refractivity contribution >= 4 is 11.6 Å². The molecular formula is C27H47Cl. The summed E-state index contributed by atoms with van der Waals surface area (Å²) in [6.45, 7) is 15.0. The minimum atomic E-state index is 0.388. The molecule has 0 aliphatic heterocycles. The van der Waals surface area contributed by atoms with E-state index in [4.69, 9.17) is 11.6 Å². The van der Waals surface area contributed by atoms with Crippen molar-refractivity contribution < 1.29 is 0 Å². The third kappa shape index (κ3) is 4.53. The third-order valence-corrected chi connectivity index (χ3v) is 9.92. The molecule has 28 heavy (non-hydrogen) atoms. The molecule has 162 valence electrons. The van der Waals surface area contributed by atoms with Crippen molar-refractivity contribution in [3.8, 4) is 0 Å². The summed E-state index contributed by atoms with van der Waals surface area (Å²) in [4.78, 5) is 0. The average molecular weight is 407 g/mol. The Morgan fingerprint density at radius 1 is 1.11 bits per heavy atom. The molecule has 7 atom stereocenters. The van der Waals surface area contributed by atoms with E-state index in [2.05, 4.69) is 47.6 Å². The zero-order valence-electron chi connectivity index (χ0n) is 19.7. The number of fused-ring (bicyclic) bond motifs is 1. The number of halogens is 1. The molecule has 0 amide bonds. The van der Waals surface area contributed by atoms with Crippen LogP contribution in [0.3, 0.4) is 0 Å². The largest absolute Gasteiger partial charge is 0.123 e. The van der Waals surface area contributed by atoms with Crippen LogP contribution in [-0.2, 0) is 0 Å². The maximum atomic E-state index is 6.50. The minimum Gasteiger partial charge on any atom is -0.123 e. The standard InChI is InChI=1S/C27H47Cl/c1-7-27(6)24(20(4)10-8-9-19(2)3)13-14-25(27)21-11-12-22-17-23(28)15-16-26(22,5)18-21/h12,19-21,23-25H,7-11,13-18H2,1-6H3/t20?,21-,23+,24?,25+,26-,27-/m1/s1. The fourth-order valence-corrected chi connectivity index (χ4v) is 7.90. The molecule has 3 aliphatic carbocycles. The Morgan fingerprint density at radius 2 is 1.86 bits per heavy atom. The summed E-state index contributed by atoms with van der Waals surface area (Å²) in [6, 6.07) is 0. The summed E-state index contributed by atoms with van der Waals surface area (Å²) >= 11 is 6.50. The van der Waals surface area contributed by atoms with Crippen LogP contribution in [0.1, 0.15) is 112 Å². The monoisotopic (exact) mass is 406 g/mol. The van der Waals surface area contributed by atoms with Gasteiger partial charge in [-0.05, 0) is 85.4 Å². The molecule has 0 saturated heterocycles. The molecule has 0 bridgehead atoms. The van der Waals surface area contributed by atoms with Crippen molar-refractivity contribution in [2.45, 2.75) is 118 Å². The second-order valence-corrected chi connectivity index (χ2v) is 12.4. The van der Waals surface area contributed by atoms with Gasteiger partial charge in [0.15, 0.2) is 0 Å². The smallest absolute Gasteiger partial charge is 0.0373 e. The molecule has 0 aromatic carbocycles. The Bertz CT molecular complexity index is 548. The molecule has 3 aliphatic rings. The van der Waals surface area contributed by atoms with Gasteiger partial charge in [-0.15, -0.1) is 11.6 Å². The van der Waals surface area contributed by atoms with Gasteiger partial charge in [0.25, 0.3) is 0 Å². The van der Waals surface area contributed by atoms with Crippen LogP contribution in [0.5, 0.6) is 0 Å². The molecule has 0 radical (unpaired) electrons. The van der Waals surface area contributed by atoms with Crippen molar-refractivity contribution in [2.24, 2.45) is 40.4 Å². The van der Waals surface area contributed by atoms with E-state index >= 15 is 0 Å². The fourth-order valence-electron chi connectivity index (χ4n) is 7.62. The first-order chi connectivity index (χ1) is 13.2. The van der Waals surface area contributed by atoms with Gasteiger partial charge >= 0.3 is 0 Å². The molecule has 0 heterocycles. The maximum Gasteiger partial charge on any atom is 0.0373 e. The van der Waals surface area contributed by atoms with Gasteiger partial charge in [-0.1, -0.05) is 78.9 Å². The lowest BCUT2D eigenvalue weighted by Gasteiger charge is -2.49. The first kappa shape index (κ1) is 22.7. The maximum absolute atomic E-state index is 6.50. The SMILES string of the molecule is CC[C@]1(C)C(C(C)CCCC(C)C)CC[C@H]1[C@@H]1CC=C2C[C@@H](Cl)CC[C@]2(C)C1. The van der Waals surface area contributed by atoms with Gasteiger partial charge in [-0.25, -0.2) is 0 Å².